The molecule has 2 N–H and O–H groups in total. The second kappa shape index (κ2) is 5.51. The van der Waals surface area contributed by atoms with Crippen molar-refractivity contribution in [2.75, 3.05) is 5.32 Å². The molecular weight excluding hydrogens is 266 g/mol. The van der Waals surface area contributed by atoms with Gasteiger partial charge in [0.1, 0.15) is 11.5 Å². The highest BCUT2D eigenvalue weighted by Crippen LogP contribution is 2.29. The highest BCUT2D eigenvalue weighted by atomic mass is 32.1. The summed E-state index contributed by atoms with van der Waals surface area (Å²) in [5.74, 6) is 0.979. The van der Waals surface area contributed by atoms with Crippen LogP contribution in [-0.2, 0) is 6.54 Å². The summed E-state index contributed by atoms with van der Waals surface area (Å²) in [6.45, 7) is 6.74. The molecule has 4 heteroatoms. The van der Waals surface area contributed by atoms with E-state index in [2.05, 4.69) is 52.9 Å². The molecule has 2 heterocycles. The molecule has 1 radical (unpaired) electrons. The van der Waals surface area contributed by atoms with Gasteiger partial charge in [-0.3, -0.25) is 5.10 Å². The van der Waals surface area contributed by atoms with Crippen LogP contribution in [0.2, 0.25) is 0 Å². The first kappa shape index (κ1) is 12.9. The second-order valence-electron chi connectivity index (χ2n) is 4.72. The standard InChI is InChI=1S/C16H16N3S/c1-11-5-7-13(8-6-11)10-17-16-12(2)15(18-19-16)14-4-3-9-20-14/h3-9H,1,10H2,2H3,(H2,17,18,19). The summed E-state index contributed by atoms with van der Waals surface area (Å²) in [6, 6.07) is 12.3. The molecule has 0 aliphatic carbocycles. The number of rotatable bonds is 4. The summed E-state index contributed by atoms with van der Waals surface area (Å²) in [5.41, 5.74) is 4.44. The summed E-state index contributed by atoms with van der Waals surface area (Å²) in [6.07, 6.45) is 0. The van der Waals surface area contributed by atoms with Gasteiger partial charge in [-0.1, -0.05) is 30.3 Å². The Labute approximate surface area is 122 Å². The van der Waals surface area contributed by atoms with Crippen molar-refractivity contribution < 1.29 is 0 Å². The molecule has 1 aromatic carbocycles. The third-order valence-electron chi connectivity index (χ3n) is 3.26. The quantitative estimate of drug-likeness (QED) is 0.751. The van der Waals surface area contributed by atoms with Crippen LogP contribution in [0.5, 0.6) is 0 Å². The van der Waals surface area contributed by atoms with Gasteiger partial charge in [0.15, 0.2) is 0 Å². The minimum atomic E-state index is 0.771. The van der Waals surface area contributed by atoms with Gasteiger partial charge in [-0.15, -0.1) is 11.3 Å². The summed E-state index contributed by atoms with van der Waals surface area (Å²) in [4.78, 5) is 1.19. The van der Waals surface area contributed by atoms with Gasteiger partial charge in [0.25, 0.3) is 0 Å². The summed E-state index contributed by atoms with van der Waals surface area (Å²) in [5, 5.41) is 12.9. The predicted octanol–water partition coefficient (Wildman–Crippen LogP) is 4.24. The molecule has 0 saturated carbocycles. The summed E-state index contributed by atoms with van der Waals surface area (Å²) in [7, 11) is 0. The molecule has 0 bridgehead atoms. The van der Waals surface area contributed by atoms with Gasteiger partial charge in [0.2, 0.25) is 0 Å². The van der Waals surface area contributed by atoms with E-state index in [1.54, 1.807) is 11.3 Å². The molecule has 3 aromatic rings. The SMILES string of the molecule is [CH2]c1ccc(CNc2[nH]nc(-c3cccs3)c2C)cc1. The van der Waals surface area contributed by atoms with E-state index in [1.807, 2.05) is 18.2 Å². The maximum Gasteiger partial charge on any atom is 0.125 e. The third kappa shape index (κ3) is 2.60. The average molecular weight is 282 g/mol. The number of nitrogens with zero attached hydrogens (tertiary/aromatic N) is 1. The van der Waals surface area contributed by atoms with Crippen LogP contribution in [0.4, 0.5) is 5.82 Å². The van der Waals surface area contributed by atoms with Crippen molar-refractivity contribution >= 4 is 17.2 Å². The Bertz CT molecular complexity index is 681. The van der Waals surface area contributed by atoms with Crippen molar-refractivity contribution in [2.45, 2.75) is 13.5 Å². The van der Waals surface area contributed by atoms with E-state index in [9.17, 15) is 0 Å². The zero-order valence-corrected chi connectivity index (χ0v) is 12.1. The third-order valence-corrected chi connectivity index (χ3v) is 4.13. The summed E-state index contributed by atoms with van der Waals surface area (Å²) >= 11 is 1.70. The molecule has 101 valence electrons. The Morgan fingerprint density at radius 1 is 1.25 bits per heavy atom. The molecule has 0 unspecified atom stereocenters. The Kier molecular flexibility index (Phi) is 3.56. The smallest absolute Gasteiger partial charge is 0.125 e. The Morgan fingerprint density at radius 2 is 2.05 bits per heavy atom. The number of aromatic amines is 1. The average Bonchev–Trinajstić information content (AvgIpc) is 3.08. The van der Waals surface area contributed by atoms with E-state index in [4.69, 9.17) is 0 Å². The minimum absolute atomic E-state index is 0.771. The molecule has 0 aliphatic heterocycles. The van der Waals surface area contributed by atoms with Crippen molar-refractivity contribution in [3.05, 3.63) is 65.4 Å². The van der Waals surface area contributed by atoms with Gasteiger partial charge in [0, 0.05) is 12.1 Å². The molecule has 0 amide bonds. The molecule has 0 fully saturated rings. The molecule has 0 aliphatic rings. The van der Waals surface area contributed by atoms with Crippen LogP contribution < -0.4 is 5.32 Å². The Balaban J connectivity index is 1.74. The predicted molar refractivity (Wildman–Crippen MR) is 84.9 cm³/mol. The lowest BCUT2D eigenvalue weighted by atomic mass is 10.1. The number of benzene rings is 1. The van der Waals surface area contributed by atoms with E-state index in [0.29, 0.717) is 0 Å². The maximum atomic E-state index is 4.40. The molecular formula is C16H16N3S. The second-order valence-corrected chi connectivity index (χ2v) is 5.67. The van der Waals surface area contributed by atoms with Crippen molar-refractivity contribution in [2.24, 2.45) is 0 Å². The van der Waals surface area contributed by atoms with E-state index in [1.165, 1.54) is 10.4 Å². The van der Waals surface area contributed by atoms with Gasteiger partial charge < -0.3 is 5.32 Å². The number of H-pyrrole nitrogens is 1. The lowest BCUT2D eigenvalue weighted by Crippen LogP contribution is -2.00. The van der Waals surface area contributed by atoms with Gasteiger partial charge in [-0.05, 0) is 36.4 Å². The Hall–Kier alpha value is -2.07. The normalized spacial score (nSPS) is 10.7. The number of hydrogen-bond acceptors (Lipinski definition) is 3. The molecule has 20 heavy (non-hydrogen) atoms. The van der Waals surface area contributed by atoms with E-state index in [0.717, 1.165) is 29.2 Å². The first-order valence-electron chi connectivity index (χ1n) is 6.47. The monoisotopic (exact) mass is 282 g/mol. The largest absolute Gasteiger partial charge is 0.366 e. The molecule has 0 saturated heterocycles. The molecule has 3 nitrogen and oxygen atoms in total. The number of aromatic nitrogens is 2. The van der Waals surface area contributed by atoms with Crippen molar-refractivity contribution in [3.63, 3.8) is 0 Å². The van der Waals surface area contributed by atoms with Crippen LogP contribution in [0.3, 0.4) is 0 Å². The van der Waals surface area contributed by atoms with Crippen molar-refractivity contribution in [3.8, 4) is 10.6 Å². The van der Waals surface area contributed by atoms with Crippen LogP contribution in [-0.4, -0.2) is 10.2 Å². The van der Waals surface area contributed by atoms with Gasteiger partial charge in [-0.25, -0.2) is 0 Å². The van der Waals surface area contributed by atoms with E-state index >= 15 is 0 Å². The lowest BCUT2D eigenvalue weighted by Gasteiger charge is -2.05. The van der Waals surface area contributed by atoms with E-state index in [-0.39, 0.29) is 0 Å². The van der Waals surface area contributed by atoms with Crippen molar-refractivity contribution in [1.82, 2.24) is 10.2 Å². The lowest BCUT2D eigenvalue weighted by molar-refractivity contribution is 1.05. The number of anilines is 1. The summed E-state index contributed by atoms with van der Waals surface area (Å²) < 4.78 is 0. The maximum absolute atomic E-state index is 4.40. The fraction of sp³-hybridized carbons (Fsp3) is 0.125. The highest BCUT2D eigenvalue weighted by molar-refractivity contribution is 7.13. The number of nitrogens with one attached hydrogen (secondary N) is 2. The van der Waals surface area contributed by atoms with Crippen LogP contribution >= 0.6 is 11.3 Å². The van der Waals surface area contributed by atoms with Crippen LogP contribution in [0, 0.1) is 13.8 Å². The minimum Gasteiger partial charge on any atom is -0.366 e. The topological polar surface area (TPSA) is 40.7 Å². The zero-order chi connectivity index (χ0) is 13.9. The van der Waals surface area contributed by atoms with Crippen LogP contribution in [0.25, 0.3) is 10.6 Å². The number of hydrogen-bond donors (Lipinski definition) is 2. The fourth-order valence-electron chi connectivity index (χ4n) is 2.07. The van der Waals surface area contributed by atoms with Gasteiger partial charge in [0.05, 0.1) is 4.88 Å². The molecule has 0 atom stereocenters. The van der Waals surface area contributed by atoms with Crippen LogP contribution in [0.1, 0.15) is 16.7 Å². The van der Waals surface area contributed by atoms with Crippen LogP contribution in [0.15, 0.2) is 41.8 Å². The number of thiophene rings is 1. The van der Waals surface area contributed by atoms with E-state index < -0.39 is 0 Å². The highest BCUT2D eigenvalue weighted by Gasteiger charge is 2.11. The first-order chi connectivity index (χ1) is 9.74. The van der Waals surface area contributed by atoms with Crippen molar-refractivity contribution in [1.29, 1.82) is 0 Å². The fourth-order valence-corrected chi connectivity index (χ4v) is 2.84. The molecule has 3 rings (SSSR count). The first-order valence-corrected chi connectivity index (χ1v) is 7.35. The van der Waals surface area contributed by atoms with Gasteiger partial charge >= 0.3 is 0 Å². The zero-order valence-electron chi connectivity index (χ0n) is 11.3. The Morgan fingerprint density at radius 3 is 2.75 bits per heavy atom. The van der Waals surface area contributed by atoms with Gasteiger partial charge in [-0.2, -0.15) is 5.10 Å². The molecule has 0 spiro atoms. The molecule has 2 aromatic heterocycles.